The number of carbonyl (C=O) groups is 1. The maximum Gasteiger partial charge on any atom is 0.306 e. The van der Waals surface area contributed by atoms with Gasteiger partial charge in [-0.25, -0.2) is 0 Å². The van der Waals surface area contributed by atoms with Crippen LogP contribution in [0.25, 0.3) is 0 Å². The molecule has 0 unspecified atom stereocenters. The minimum Gasteiger partial charge on any atom is -0.488 e. The summed E-state index contributed by atoms with van der Waals surface area (Å²) >= 11 is 0. The van der Waals surface area contributed by atoms with Crippen LogP contribution < -0.4 is 10.1 Å². The van der Waals surface area contributed by atoms with E-state index in [0.29, 0.717) is 25.3 Å². The summed E-state index contributed by atoms with van der Waals surface area (Å²) in [6, 6.07) is 13.2. The number of hydrogen-bond acceptors (Lipinski definition) is 5. The zero-order chi connectivity index (χ0) is 20.8. The van der Waals surface area contributed by atoms with Crippen molar-refractivity contribution in [2.75, 3.05) is 6.54 Å². The third-order valence-electron chi connectivity index (χ3n) is 4.46. The topological polar surface area (TPSA) is 99.3 Å². The van der Waals surface area contributed by atoms with Gasteiger partial charge in [-0.2, -0.15) is 5.10 Å². The van der Waals surface area contributed by atoms with E-state index in [1.54, 1.807) is 12.1 Å². The summed E-state index contributed by atoms with van der Waals surface area (Å²) in [7, 11) is 0. The number of amides is 1. The Hall–Kier alpha value is -3.68. The number of aryl methyl sites for hydroxylation is 2. The molecule has 0 fully saturated rings. The Bertz CT molecular complexity index is 992. The lowest BCUT2D eigenvalue weighted by Gasteiger charge is -2.12. The van der Waals surface area contributed by atoms with Crippen LogP contribution >= 0.6 is 0 Å². The minimum atomic E-state index is -0.506. The summed E-state index contributed by atoms with van der Waals surface area (Å²) in [5.74, 6) is 0.669. The van der Waals surface area contributed by atoms with E-state index in [1.165, 1.54) is 17.1 Å². The number of carbonyl (C=O) groups excluding carboxylic acids is 1. The first-order chi connectivity index (χ1) is 13.9. The number of para-hydroxylation sites is 1. The summed E-state index contributed by atoms with van der Waals surface area (Å²) in [6.45, 7) is 5.11. The molecule has 2 aromatic carbocycles. The molecule has 0 radical (unpaired) electrons. The fourth-order valence-corrected chi connectivity index (χ4v) is 2.89. The van der Waals surface area contributed by atoms with Gasteiger partial charge in [0, 0.05) is 12.1 Å². The summed E-state index contributed by atoms with van der Waals surface area (Å²) in [4.78, 5) is 22.4. The molecular weight excluding hydrogens is 372 g/mol. The molecule has 0 spiro atoms. The first-order valence-electron chi connectivity index (χ1n) is 9.17. The normalized spacial score (nSPS) is 10.6. The predicted octanol–water partition coefficient (Wildman–Crippen LogP) is 3.42. The molecule has 1 aromatic heterocycles. The molecule has 8 heteroatoms. The van der Waals surface area contributed by atoms with Gasteiger partial charge in [0.2, 0.25) is 0 Å². The van der Waals surface area contributed by atoms with Crippen molar-refractivity contribution in [3.05, 3.63) is 87.2 Å². The third-order valence-corrected chi connectivity index (χ3v) is 4.46. The first-order valence-corrected chi connectivity index (χ1v) is 9.17. The van der Waals surface area contributed by atoms with E-state index >= 15 is 0 Å². The molecule has 1 heterocycles. The maximum atomic E-state index is 12.2. The van der Waals surface area contributed by atoms with Gasteiger partial charge in [0.15, 0.2) is 0 Å². The Morgan fingerprint density at radius 3 is 2.48 bits per heavy atom. The van der Waals surface area contributed by atoms with Crippen LogP contribution in [0, 0.1) is 24.0 Å². The van der Waals surface area contributed by atoms with Crippen LogP contribution in [-0.4, -0.2) is 27.2 Å². The van der Waals surface area contributed by atoms with Crippen molar-refractivity contribution in [3.8, 4) is 5.75 Å². The Kier molecular flexibility index (Phi) is 6.23. The number of rotatable bonds is 8. The Labute approximate surface area is 168 Å². The van der Waals surface area contributed by atoms with Crippen molar-refractivity contribution in [1.29, 1.82) is 0 Å². The van der Waals surface area contributed by atoms with E-state index < -0.39 is 4.92 Å². The predicted molar refractivity (Wildman–Crippen MR) is 108 cm³/mol. The van der Waals surface area contributed by atoms with Gasteiger partial charge in [0.25, 0.3) is 5.91 Å². The van der Waals surface area contributed by atoms with Gasteiger partial charge in [0.1, 0.15) is 24.8 Å². The number of aromatic nitrogens is 2. The number of hydrogen-bond donors (Lipinski definition) is 1. The number of nitro groups is 1. The molecule has 1 N–H and O–H groups in total. The van der Waals surface area contributed by atoms with Crippen LogP contribution in [-0.2, 0) is 13.2 Å². The summed E-state index contributed by atoms with van der Waals surface area (Å²) < 4.78 is 7.35. The molecule has 8 nitrogen and oxygen atoms in total. The minimum absolute atomic E-state index is 0.0741. The molecule has 3 aromatic rings. The van der Waals surface area contributed by atoms with Crippen molar-refractivity contribution in [2.24, 2.45) is 0 Å². The zero-order valence-electron chi connectivity index (χ0n) is 16.3. The highest BCUT2D eigenvalue weighted by Crippen LogP contribution is 2.23. The average molecular weight is 394 g/mol. The largest absolute Gasteiger partial charge is 0.488 e. The lowest BCUT2D eigenvalue weighted by Crippen LogP contribution is -2.27. The van der Waals surface area contributed by atoms with Gasteiger partial charge >= 0.3 is 5.69 Å². The molecule has 0 aliphatic heterocycles. The second kappa shape index (κ2) is 9.01. The zero-order valence-corrected chi connectivity index (χ0v) is 16.3. The van der Waals surface area contributed by atoms with Gasteiger partial charge in [-0.1, -0.05) is 30.3 Å². The van der Waals surface area contributed by atoms with Gasteiger partial charge < -0.3 is 10.1 Å². The van der Waals surface area contributed by atoms with E-state index in [-0.39, 0.29) is 11.6 Å². The van der Waals surface area contributed by atoms with Crippen LogP contribution in [0.15, 0.2) is 54.9 Å². The van der Waals surface area contributed by atoms with E-state index in [9.17, 15) is 14.9 Å². The lowest BCUT2D eigenvalue weighted by atomic mass is 10.1. The van der Waals surface area contributed by atoms with Crippen molar-refractivity contribution >= 4 is 11.6 Å². The van der Waals surface area contributed by atoms with Crippen molar-refractivity contribution in [1.82, 2.24) is 15.1 Å². The van der Waals surface area contributed by atoms with Gasteiger partial charge in [0.05, 0.1) is 11.5 Å². The second-order valence-corrected chi connectivity index (χ2v) is 6.68. The van der Waals surface area contributed by atoms with Gasteiger partial charge in [-0.3, -0.25) is 19.6 Å². The lowest BCUT2D eigenvalue weighted by molar-refractivity contribution is -0.385. The van der Waals surface area contributed by atoms with Crippen LogP contribution in [0.1, 0.15) is 27.0 Å². The molecule has 3 rings (SSSR count). The molecule has 1 amide bonds. The molecule has 0 aliphatic carbocycles. The Morgan fingerprint density at radius 1 is 1.17 bits per heavy atom. The fourth-order valence-electron chi connectivity index (χ4n) is 2.89. The van der Waals surface area contributed by atoms with E-state index in [4.69, 9.17) is 4.74 Å². The Balaban J connectivity index is 1.50. The third kappa shape index (κ3) is 5.19. The number of ether oxygens (including phenoxy) is 1. The Morgan fingerprint density at radius 2 is 1.86 bits per heavy atom. The molecule has 150 valence electrons. The van der Waals surface area contributed by atoms with E-state index in [2.05, 4.69) is 10.4 Å². The molecule has 29 heavy (non-hydrogen) atoms. The number of nitrogens with one attached hydrogen (secondary N) is 1. The quantitative estimate of drug-likeness (QED) is 0.466. The van der Waals surface area contributed by atoms with Crippen molar-refractivity contribution in [2.45, 2.75) is 27.0 Å². The summed E-state index contributed by atoms with van der Waals surface area (Å²) in [6.07, 6.45) is 2.51. The monoisotopic (exact) mass is 394 g/mol. The van der Waals surface area contributed by atoms with E-state index in [0.717, 1.165) is 22.4 Å². The SMILES string of the molecule is Cc1cccc(C)c1OCc1ccc(C(=O)NCCn2cc([N+](=O)[O-])cn2)cc1. The molecule has 0 bridgehead atoms. The highest BCUT2D eigenvalue weighted by atomic mass is 16.6. The van der Waals surface area contributed by atoms with Crippen molar-refractivity contribution < 1.29 is 14.5 Å². The molecule has 0 saturated heterocycles. The van der Waals surface area contributed by atoms with Crippen LogP contribution in [0.2, 0.25) is 0 Å². The number of nitrogens with zero attached hydrogens (tertiary/aromatic N) is 3. The first kappa shape index (κ1) is 20.1. The van der Waals surface area contributed by atoms with Crippen LogP contribution in [0.3, 0.4) is 0 Å². The fraction of sp³-hybridized carbons (Fsp3) is 0.238. The smallest absolute Gasteiger partial charge is 0.306 e. The summed E-state index contributed by atoms with van der Waals surface area (Å²) in [5.41, 5.74) is 3.60. The molecular formula is C21H22N4O4. The standard InChI is InChI=1S/C21H22N4O4/c1-15-4-3-5-16(2)20(15)29-14-17-6-8-18(9-7-17)21(26)22-10-11-24-13-19(12-23-24)25(27)28/h3-9,12-13H,10-11,14H2,1-2H3,(H,22,26). The van der Waals surface area contributed by atoms with E-state index in [1.807, 2.05) is 44.2 Å². The van der Waals surface area contributed by atoms with Gasteiger partial charge in [-0.15, -0.1) is 0 Å². The molecule has 0 aliphatic rings. The average Bonchev–Trinajstić information content (AvgIpc) is 3.17. The van der Waals surface area contributed by atoms with Crippen LogP contribution in [0.4, 0.5) is 5.69 Å². The van der Waals surface area contributed by atoms with Crippen molar-refractivity contribution in [3.63, 3.8) is 0 Å². The second-order valence-electron chi connectivity index (χ2n) is 6.68. The summed E-state index contributed by atoms with van der Waals surface area (Å²) in [5, 5.41) is 17.3. The molecule has 0 saturated carbocycles. The highest BCUT2D eigenvalue weighted by molar-refractivity contribution is 5.94. The van der Waals surface area contributed by atoms with Gasteiger partial charge in [-0.05, 0) is 42.7 Å². The molecule has 0 atom stereocenters. The van der Waals surface area contributed by atoms with Crippen LogP contribution in [0.5, 0.6) is 5.75 Å². The highest BCUT2D eigenvalue weighted by Gasteiger charge is 2.10. The maximum absolute atomic E-state index is 12.2. The number of benzene rings is 2.